The average Bonchev–Trinajstić information content (AvgIpc) is 2.87. The molecular weight excluding hydrogens is 250 g/mol. The van der Waals surface area contributed by atoms with Crippen LogP contribution in [0.25, 0.3) is 10.9 Å². The van der Waals surface area contributed by atoms with Crippen LogP contribution >= 0.6 is 0 Å². The third kappa shape index (κ3) is 3.34. The zero-order valence-electron chi connectivity index (χ0n) is 13.0. The highest BCUT2D eigenvalue weighted by Gasteiger charge is 2.16. The largest absolute Gasteiger partial charge is 0.493 e. The topological polar surface area (TPSA) is 23.4 Å². The fourth-order valence-corrected chi connectivity index (χ4v) is 2.22. The van der Waals surface area contributed by atoms with Crippen molar-refractivity contribution < 1.29 is 9.47 Å². The van der Waals surface area contributed by atoms with E-state index in [1.807, 2.05) is 6.07 Å². The van der Waals surface area contributed by atoms with Gasteiger partial charge in [-0.1, -0.05) is 13.0 Å². The Labute approximate surface area is 121 Å². The molecule has 1 aromatic heterocycles. The Hall–Kier alpha value is -1.48. The van der Waals surface area contributed by atoms with E-state index in [0.29, 0.717) is 0 Å². The molecule has 0 atom stereocenters. The van der Waals surface area contributed by atoms with E-state index in [9.17, 15) is 0 Å². The Kier molecular flexibility index (Phi) is 4.71. The van der Waals surface area contributed by atoms with Gasteiger partial charge in [0.1, 0.15) is 5.75 Å². The van der Waals surface area contributed by atoms with Crippen molar-refractivity contribution in [3.8, 4) is 5.75 Å². The molecule has 0 aliphatic heterocycles. The molecule has 1 aromatic carbocycles. The van der Waals surface area contributed by atoms with Gasteiger partial charge in [0.25, 0.3) is 0 Å². The number of ether oxygens (including phenoxy) is 2. The van der Waals surface area contributed by atoms with Gasteiger partial charge >= 0.3 is 0 Å². The van der Waals surface area contributed by atoms with Gasteiger partial charge in [0, 0.05) is 25.2 Å². The van der Waals surface area contributed by atoms with E-state index in [-0.39, 0.29) is 5.60 Å². The van der Waals surface area contributed by atoms with Crippen molar-refractivity contribution in [2.24, 2.45) is 0 Å². The van der Waals surface area contributed by atoms with Crippen LogP contribution in [0.4, 0.5) is 0 Å². The molecule has 0 saturated heterocycles. The number of benzene rings is 1. The van der Waals surface area contributed by atoms with Crippen molar-refractivity contribution in [2.45, 2.75) is 45.8 Å². The van der Waals surface area contributed by atoms with Crippen molar-refractivity contribution >= 4 is 10.9 Å². The van der Waals surface area contributed by atoms with Crippen molar-refractivity contribution in [3.63, 3.8) is 0 Å². The fraction of sp³-hybridized carbons (Fsp3) is 0.529. The lowest BCUT2D eigenvalue weighted by molar-refractivity contribution is 0.0123. The number of aromatic nitrogens is 1. The summed E-state index contributed by atoms with van der Waals surface area (Å²) in [5.74, 6) is 0.981. The fourth-order valence-electron chi connectivity index (χ4n) is 2.22. The molecular formula is C17H25NO2. The van der Waals surface area contributed by atoms with E-state index in [4.69, 9.17) is 9.47 Å². The number of aryl methyl sites for hydroxylation is 1. The number of rotatable bonds is 7. The van der Waals surface area contributed by atoms with Crippen LogP contribution in [0.3, 0.4) is 0 Å². The molecule has 1 heterocycles. The minimum absolute atomic E-state index is 0.0904. The molecule has 0 saturated carbocycles. The quantitative estimate of drug-likeness (QED) is 0.754. The summed E-state index contributed by atoms with van der Waals surface area (Å²) >= 11 is 0. The van der Waals surface area contributed by atoms with Crippen LogP contribution in [0.2, 0.25) is 0 Å². The maximum absolute atomic E-state index is 5.81. The van der Waals surface area contributed by atoms with Crippen LogP contribution in [0.15, 0.2) is 30.5 Å². The molecule has 0 fully saturated rings. The second-order valence-electron chi connectivity index (χ2n) is 5.76. The number of nitrogens with zero attached hydrogens (tertiary/aromatic N) is 1. The third-order valence-electron chi connectivity index (χ3n) is 3.74. The van der Waals surface area contributed by atoms with Crippen LogP contribution in [-0.4, -0.2) is 23.9 Å². The van der Waals surface area contributed by atoms with Crippen LogP contribution < -0.4 is 4.74 Å². The van der Waals surface area contributed by atoms with Crippen LogP contribution in [-0.2, 0) is 11.3 Å². The number of hydrogen-bond acceptors (Lipinski definition) is 2. The molecule has 0 amide bonds. The predicted octanol–water partition coefficient (Wildman–Crippen LogP) is 4.25. The smallest absolute Gasteiger partial charge is 0.128 e. The van der Waals surface area contributed by atoms with Crippen molar-refractivity contribution in [1.82, 2.24) is 4.57 Å². The first-order valence-electron chi connectivity index (χ1n) is 7.33. The molecule has 20 heavy (non-hydrogen) atoms. The van der Waals surface area contributed by atoms with Gasteiger partial charge in [0.15, 0.2) is 0 Å². The van der Waals surface area contributed by atoms with Crippen LogP contribution in [0.1, 0.15) is 33.6 Å². The zero-order valence-corrected chi connectivity index (χ0v) is 13.0. The SMILES string of the molecule is CCCOc1cccc2c1ccn2CCC(C)(C)OC. The standard InChI is InChI=1S/C17H25NO2/c1-5-13-20-16-8-6-7-15-14(16)9-11-18(15)12-10-17(2,3)19-4/h6-9,11H,5,10,12-13H2,1-4H3. The Balaban J connectivity index is 2.19. The van der Waals surface area contributed by atoms with E-state index in [1.165, 1.54) is 10.9 Å². The van der Waals surface area contributed by atoms with Gasteiger partial charge in [-0.3, -0.25) is 0 Å². The molecule has 0 spiro atoms. The summed E-state index contributed by atoms with van der Waals surface area (Å²) in [5, 5.41) is 1.19. The average molecular weight is 275 g/mol. The van der Waals surface area contributed by atoms with Gasteiger partial charge in [-0.05, 0) is 44.9 Å². The Bertz CT molecular complexity index is 557. The molecule has 0 unspecified atom stereocenters. The maximum Gasteiger partial charge on any atom is 0.128 e. The molecule has 110 valence electrons. The zero-order chi connectivity index (χ0) is 14.6. The molecule has 0 aliphatic carbocycles. The van der Waals surface area contributed by atoms with Gasteiger partial charge in [0.05, 0.1) is 17.7 Å². The predicted molar refractivity (Wildman–Crippen MR) is 83.4 cm³/mol. The summed E-state index contributed by atoms with van der Waals surface area (Å²) in [5.41, 5.74) is 1.14. The Morgan fingerprint density at radius 1 is 1.20 bits per heavy atom. The summed E-state index contributed by atoms with van der Waals surface area (Å²) < 4.78 is 13.6. The first-order valence-corrected chi connectivity index (χ1v) is 7.33. The van der Waals surface area contributed by atoms with Crippen LogP contribution in [0.5, 0.6) is 5.75 Å². The van der Waals surface area contributed by atoms with Gasteiger partial charge in [-0.25, -0.2) is 0 Å². The summed E-state index contributed by atoms with van der Waals surface area (Å²) in [7, 11) is 1.77. The summed E-state index contributed by atoms with van der Waals surface area (Å²) in [6, 6.07) is 8.39. The lowest BCUT2D eigenvalue weighted by Gasteiger charge is -2.23. The van der Waals surface area contributed by atoms with E-state index in [0.717, 1.165) is 31.7 Å². The minimum atomic E-state index is -0.0904. The molecule has 3 heteroatoms. The van der Waals surface area contributed by atoms with E-state index in [2.05, 4.69) is 49.7 Å². The second kappa shape index (κ2) is 6.31. The first-order chi connectivity index (χ1) is 9.57. The summed E-state index contributed by atoms with van der Waals surface area (Å²) in [6.45, 7) is 8.07. The Morgan fingerprint density at radius 3 is 2.70 bits per heavy atom. The Morgan fingerprint density at radius 2 is 2.00 bits per heavy atom. The molecule has 0 radical (unpaired) electrons. The lowest BCUT2D eigenvalue weighted by atomic mass is 10.1. The highest BCUT2D eigenvalue weighted by molar-refractivity contribution is 5.86. The minimum Gasteiger partial charge on any atom is -0.493 e. The molecule has 0 N–H and O–H groups in total. The van der Waals surface area contributed by atoms with E-state index < -0.39 is 0 Å². The molecule has 0 bridgehead atoms. The molecule has 2 aromatic rings. The number of hydrogen-bond donors (Lipinski definition) is 0. The third-order valence-corrected chi connectivity index (χ3v) is 3.74. The first kappa shape index (κ1) is 14.9. The van der Waals surface area contributed by atoms with Gasteiger partial charge in [-0.2, -0.15) is 0 Å². The van der Waals surface area contributed by atoms with Gasteiger partial charge in [-0.15, -0.1) is 0 Å². The number of methoxy groups -OCH3 is 1. The molecule has 3 nitrogen and oxygen atoms in total. The van der Waals surface area contributed by atoms with E-state index in [1.54, 1.807) is 7.11 Å². The molecule has 0 aliphatic rings. The highest BCUT2D eigenvalue weighted by Crippen LogP contribution is 2.27. The maximum atomic E-state index is 5.81. The van der Waals surface area contributed by atoms with Gasteiger partial charge < -0.3 is 14.0 Å². The number of fused-ring (bicyclic) bond motifs is 1. The lowest BCUT2D eigenvalue weighted by Crippen LogP contribution is -2.24. The van der Waals surface area contributed by atoms with Crippen molar-refractivity contribution in [3.05, 3.63) is 30.5 Å². The van der Waals surface area contributed by atoms with Gasteiger partial charge in [0.2, 0.25) is 0 Å². The monoisotopic (exact) mass is 275 g/mol. The summed E-state index contributed by atoms with van der Waals surface area (Å²) in [6.07, 6.45) is 4.14. The van der Waals surface area contributed by atoms with Crippen molar-refractivity contribution in [1.29, 1.82) is 0 Å². The van der Waals surface area contributed by atoms with E-state index >= 15 is 0 Å². The molecule has 2 rings (SSSR count). The van der Waals surface area contributed by atoms with Crippen molar-refractivity contribution in [2.75, 3.05) is 13.7 Å². The summed E-state index contributed by atoms with van der Waals surface area (Å²) in [4.78, 5) is 0. The normalized spacial score (nSPS) is 12.0. The highest BCUT2D eigenvalue weighted by atomic mass is 16.5. The van der Waals surface area contributed by atoms with Crippen LogP contribution in [0, 0.1) is 0 Å². The second-order valence-corrected chi connectivity index (χ2v) is 5.76.